The van der Waals surface area contributed by atoms with Crippen molar-refractivity contribution in [2.24, 2.45) is 5.41 Å². The number of anilines is 1. The number of pyridine rings is 1. The Kier molecular flexibility index (Phi) is 3.31. The number of hydrogen-bond donors (Lipinski definition) is 0. The number of piperazine rings is 1. The van der Waals surface area contributed by atoms with Gasteiger partial charge in [0.05, 0.1) is 18.6 Å². The van der Waals surface area contributed by atoms with E-state index in [4.69, 9.17) is 11.2 Å². The molecule has 5 heteroatoms. The number of amides is 1. The van der Waals surface area contributed by atoms with Crippen molar-refractivity contribution in [2.45, 2.75) is 31.8 Å². The molecule has 2 bridgehead atoms. The lowest BCUT2D eigenvalue weighted by molar-refractivity contribution is -0.172. The quantitative estimate of drug-likeness (QED) is 0.772. The number of carbonyl (C=O) groups excluding carboxylic acids is 1. The minimum Gasteiger partial charge on any atom is -0.379 e. The molecule has 1 aromatic rings. The topological polar surface area (TPSA) is 45.7 Å². The maximum atomic E-state index is 12.9. The van der Waals surface area contributed by atoms with Crippen molar-refractivity contribution >= 4 is 11.7 Å². The fourth-order valence-electron chi connectivity index (χ4n) is 3.92. The van der Waals surface area contributed by atoms with Crippen LogP contribution in [0.4, 0.5) is 5.82 Å². The van der Waals surface area contributed by atoms with Gasteiger partial charge in [0.2, 0.25) is 5.91 Å². The molecule has 0 saturated carbocycles. The predicted molar refractivity (Wildman–Crippen MR) is 87.0 cm³/mol. The summed E-state index contributed by atoms with van der Waals surface area (Å²) < 4.78 is 5.27. The zero-order valence-corrected chi connectivity index (χ0v) is 13.4. The van der Waals surface area contributed by atoms with Gasteiger partial charge in [0.25, 0.3) is 0 Å². The first-order valence-corrected chi connectivity index (χ1v) is 8.19. The van der Waals surface area contributed by atoms with Gasteiger partial charge in [-0.2, -0.15) is 0 Å². The van der Waals surface area contributed by atoms with Crippen LogP contribution in [0.3, 0.4) is 0 Å². The highest BCUT2D eigenvalue weighted by molar-refractivity contribution is 5.84. The largest absolute Gasteiger partial charge is 0.379 e. The Morgan fingerprint density at radius 3 is 2.52 bits per heavy atom. The average Bonchev–Trinajstić information content (AvgIpc) is 2.81. The fraction of sp³-hybridized carbons (Fsp3) is 0.556. The number of fused-ring (bicyclic) bond motifs is 2. The number of ether oxygens (including phenoxy) is 1. The van der Waals surface area contributed by atoms with E-state index in [0.29, 0.717) is 13.2 Å². The normalized spacial score (nSPS) is 28.2. The Balaban J connectivity index is 1.51. The molecule has 120 valence electrons. The first kappa shape index (κ1) is 14.5. The van der Waals surface area contributed by atoms with Crippen LogP contribution in [0.15, 0.2) is 18.3 Å². The molecule has 1 aromatic heterocycles. The molecular weight excluding hydrogens is 290 g/mol. The van der Waals surface area contributed by atoms with Crippen LogP contribution in [0.2, 0.25) is 0 Å². The van der Waals surface area contributed by atoms with Crippen LogP contribution < -0.4 is 4.90 Å². The fourth-order valence-corrected chi connectivity index (χ4v) is 3.92. The highest BCUT2D eigenvalue weighted by Crippen LogP contribution is 2.38. The Hall–Kier alpha value is -2.06. The lowest BCUT2D eigenvalue weighted by atomic mass is 9.86. The standard InChI is InChI=1S/C18H21N3O2/c1-3-13-4-7-16(19-8-13)20-9-14-5-6-15(10-20)21(14)17(22)18(2)11-23-12-18/h1,4,7-8,14-15H,5-6,9-12H2,2H3. The minimum atomic E-state index is -0.310. The van der Waals surface area contributed by atoms with Crippen molar-refractivity contribution in [1.29, 1.82) is 0 Å². The predicted octanol–water partition coefficient (Wildman–Crippen LogP) is 1.28. The number of aromatic nitrogens is 1. The summed E-state index contributed by atoms with van der Waals surface area (Å²) in [6.45, 7) is 4.83. The van der Waals surface area contributed by atoms with E-state index in [-0.39, 0.29) is 23.4 Å². The first-order valence-electron chi connectivity index (χ1n) is 8.19. The third-order valence-electron chi connectivity index (χ3n) is 5.31. The molecule has 2 unspecified atom stereocenters. The monoisotopic (exact) mass is 311 g/mol. The van der Waals surface area contributed by atoms with Gasteiger partial charge in [0, 0.05) is 36.9 Å². The molecule has 4 heterocycles. The molecule has 4 rings (SSSR count). The third kappa shape index (κ3) is 2.29. The summed E-state index contributed by atoms with van der Waals surface area (Å²) in [4.78, 5) is 21.8. The van der Waals surface area contributed by atoms with Crippen LogP contribution in [0.1, 0.15) is 25.3 Å². The number of hydrogen-bond acceptors (Lipinski definition) is 4. The summed E-state index contributed by atoms with van der Waals surface area (Å²) in [5.41, 5.74) is 0.485. The molecular formula is C18H21N3O2. The van der Waals surface area contributed by atoms with Crippen molar-refractivity contribution in [3.63, 3.8) is 0 Å². The Morgan fingerprint density at radius 1 is 1.35 bits per heavy atom. The van der Waals surface area contributed by atoms with E-state index >= 15 is 0 Å². The zero-order valence-electron chi connectivity index (χ0n) is 13.4. The van der Waals surface area contributed by atoms with Crippen LogP contribution in [0, 0.1) is 17.8 Å². The van der Waals surface area contributed by atoms with Crippen molar-refractivity contribution in [3.8, 4) is 12.3 Å². The summed E-state index contributed by atoms with van der Waals surface area (Å²) in [7, 11) is 0. The number of rotatable bonds is 2. The van der Waals surface area contributed by atoms with Gasteiger partial charge in [0.1, 0.15) is 5.82 Å². The second kappa shape index (κ2) is 5.24. The van der Waals surface area contributed by atoms with E-state index in [1.165, 1.54) is 0 Å². The highest BCUT2D eigenvalue weighted by atomic mass is 16.5. The molecule has 5 nitrogen and oxygen atoms in total. The molecule has 3 saturated heterocycles. The highest BCUT2D eigenvalue weighted by Gasteiger charge is 2.51. The number of terminal acetylenes is 1. The number of carbonyl (C=O) groups is 1. The lowest BCUT2D eigenvalue weighted by Crippen LogP contribution is -2.62. The summed E-state index contributed by atoms with van der Waals surface area (Å²) in [5.74, 6) is 3.81. The van der Waals surface area contributed by atoms with Gasteiger partial charge in [-0.15, -0.1) is 6.42 Å². The summed E-state index contributed by atoms with van der Waals surface area (Å²) in [5, 5.41) is 0. The van der Waals surface area contributed by atoms with Crippen LogP contribution in [-0.4, -0.2) is 54.2 Å². The molecule has 3 aliphatic heterocycles. The minimum absolute atomic E-state index is 0.270. The maximum absolute atomic E-state index is 12.9. The zero-order chi connectivity index (χ0) is 16.0. The van der Waals surface area contributed by atoms with Crippen molar-refractivity contribution in [2.75, 3.05) is 31.2 Å². The van der Waals surface area contributed by atoms with Gasteiger partial charge < -0.3 is 14.5 Å². The first-order chi connectivity index (χ1) is 11.1. The van der Waals surface area contributed by atoms with Crippen LogP contribution in [0.25, 0.3) is 0 Å². The molecule has 1 amide bonds. The Bertz CT molecular complexity index is 646. The maximum Gasteiger partial charge on any atom is 0.233 e. The Morgan fingerprint density at radius 2 is 2.04 bits per heavy atom. The van der Waals surface area contributed by atoms with Crippen LogP contribution in [0.5, 0.6) is 0 Å². The van der Waals surface area contributed by atoms with E-state index in [9.17, 15) is 4.79 Å². The molecule has 0 aliphatic carbocycles. The second-order valence-corrected chi connectivity index (χ2v) is 7.11. The van der Waals surface area contributed by atoms with Gasteiger partial charge in [0.15, 0.2) is 0 Å². The van der Waals surface area contributed by atoms with Crippen molar-refractivity contribution in [1.82, 2.24) is 9.88 Å². The van der Waals surface area contributed by atoms with E-state index in [2.05, 4.69) is 20.7 Å². The van der Waals surface area contributed by atoms with E-state index in [1.807, 2.05) is 19.1 Å². The van der Waals surface area contributed by atoms with Gasteiger partial charge in [-0.3, -0.25) is 4.79 Å². The molecule has 23 heavy (non-hydrogen) atoms. The average molecular weight is 311 g/mol. The number of nitrogens with zero attached hydrogens (tertiary/aromatic N) is 3. The van der Waals surface area contributed by atoms with Gasteiger partial charge in [-0.05, 0) is 31.9 Å². The molecule has 3 fully saturated rings. The molecule has 0 radical (unpaired) electrons. The second-order valence-electron chi connectivity index (χ2n) is 7.11. The summed E-state index contributed by atoms with van der Waals surface area (Å²) in [6, 6.07) is 4.47. The third-order valence-corrected chi connectivity index (χ3v) is 5.31. The summed E-state index contributed by atoms with van der Waals surface area (Å²) in [6.07, 6.45) is 9.27. The van der Waals surface area contributed by atoms with Gasteiger partial charge in [-0.1, -0.05) is 5.92 Å². The summed E-state index contributed by atoms with van der Waals surface area (Å²) >= 11 is 0. The molecule has 0 spiro atoms. The Labute approximate surface area is 136 Å². The molecule has 3 aliphatic rings. The smallest absolute Gasteiger partial charge is 0.233 e. The molecule has 0 N–H and O–H groups in total. The van der Waals surface area contributed by atoms with Crippen LogP contribution >= 0.6 is 0 Å². The molecule has 2 atom stereocenters. The van der Waals surface area contributed by atoms with E-state index in [0.717, 1.165) is 37.3 Å². The van der Waals surface area contributed by atoms with Crippen molar-refractivity contribution < 1.29 is 9.53 Å². The molecule has 0 aromatic carbocycles. The van der Waals surface area contributed by atoms with Gasteiger partial charge in [-0.25, -0.2) is 4.98 Å². The van der Waals surface area contributed by atoms with Crippen molar-refractivity contribution in [3.05, 3.63) is 23.9 Å². The van der Waals surface area contributed by atoms with Crippen LogP contribution in [-0.2, 0) is 9.53 Å². The SMILES string of the molecule is C#Cc1ccc(N2CC3CCC(C2)N3C(=O)C2(C)COC2)nc1. The van der Waals surface area contributed by atoms with E-state index in [1.54, 1.807) is 6.20 Å². The van der Waals surface area contributed by atoms with E-state index < -0.39 is 0 Å². The van der Waals surface area contributed by atoms with Gasteiger partial charge >= 0.3 is 0 Å². The lowest BCUT2D eigenvalue weighted by Gasteiger charge is -2.47.